The van der Waals surface area contributed by atoms with E-state index in [4.69, 9.17) is 18.9 Å². The number of hydrogen-bond acceptors (Lipinski definition) is 7. The number of carbonyl (C=O) groups is 3. The van der Waals surface area contributed by atoms with Gasteiger partial charge in [-0.1, -0.05) is 6.92 Å². The Kier molecular flexibility index (Phi) is 6.14. The topological polar surface area (TPSA) is 88.1 Å². The normalized spacial score (nSPS) is 32.1. The number of hydrogen-bond donors (Lipinski definition) is 0. The van der Waals surface area contributed by atoms with Crippen molar-refractivity contribution in [2.75, 3.05) is 0 Å². The van der Waals surface area contributed by atoms with E-state index >= 15 is 0 Å². The van der Waals surface area contributed by atoms with Crippen LogP contribution in [0.1, 0.15) is 41.0 Å². The molecule has 0 bridgehead atoms. The monoisotopic (exact) mass is 302 g/mol. The highest BCUT2D eigenvalue weighted by Gasteiger charge is 2.49. The molecular formula is C14H22O7. The molecule has 0 aromatic rings. The molecule has 5 atom stereocenters. The molecule has 0 radical (unpaired) electrons. The van der Waals surface area contributed by atoms with Crippen LogP contribution in [0.5, 0.6) is 0 Å². The van der Waals surface area contributed by atoms with Crippen molar-refractivity contribution < 1.29 is 33.3 Å². The van der Waals surface area contributed by atoms with Gasteiger partial charge in [-0.3, -0.25) is 14.4 Å². The standard InChI is InChI=1S/C14H22O7/c1-6-11-13(20-9(4)16)14(21-10(5)17)12(7(2)18-11)19-8(3)15/h7,11-14H,6H2,1-5H3/t7-,11?,12+,13-,14?/m1/s1. The van der Waals surface area contributed by atoms with Crippen molar-refractivity contribution in [3.63, 3.8) is 0 Å². The molecule has 0 saturated carbocycles. The fourth-order valence-electron chi connectivity index (χ4n) is 2.44. The third-order valence-corrected chi connectivity index (χ3v) is 3.17. The maximum absolute atomic E-state index is 11.3. The van der Waals surface area contributed by atoms with Crippen molar-refractivity contribution in [3.05, 3.63) is 0 Å². The Balaban J connectivity index is 3.08. The molecule has 0 aromatic carbocycles. The Morgan fingerprint density at radius 1 is 0.857 bits per heavy atom. The minimum Gasteiger partial charge on any atom is -0.456 e. The second kappa shape index (κ2) is 7.40. The molecule has 1 saturated heterocycles. The molecule has 0 spiro atoms. The van der Waals surface area contributed by atoms with Crippen LogP contribution in [0.4, 0.5) is 0 Å². The zero-order valence-corrected chi connectivity index (χ0v) is 13.0. The van der Waals surface area contributed by atoms with Gasteiger partial charge >= 0.3 is 17.9 Å². The van der Waals surface area contributed by atoms with Crippen LogP contribution in [0.25, 0.3) is 0 Å². The smallest absolute Gasteiger partial charge is 0.303 e. The van der Waals surface area contributed by atoms with Crippen LogP contribution in [0.2, 0.25) is 0 Å². The van der Waals surface area contributed by atoms with Crippen LogP contribution < -0.4 is 0 Å². The van der Waals surface area contributed by atoms with E-state index in [0.717, 1.165) is 0 Å². The average Bonchev–Trinajstić information content (AvgIpc) is 2.35. The second-order valence-corrected chi connectivity index (χ2v) is 5.01. The predicted octanol–water partition coefficient (Wildman–Crippen LogP) is 0.979. The molecule has 1 aliphatic rings. The lowest BCUT2D eigenvalue weighted by Crippen LogP contribution is -2.60. The average molecular weight is 302 g/mol. The van der Waals surface area contributed by atoms with Crippen LogP contribution in [-0.2, 0) is 33.3 Å². The van der Waals surface area contributed by atoms with Gasteiger partial charge in [-0.2, -0.15) is 0 Å². The van der Waals surface area contributed by atoms with Crippen LogP contribution in [-0.4, -0.2) is 48.4 Å². The summed E-state index contributed by atoms with van der Waals surface area (Å²) >= 11 is 0. The Morgan fingerprint density at radius 2 is 1.29 bits per heavy atom. The van der Waals surface area contributed by atoms with Crippen molar-refractivity contribution in [2.45, 2.75) is 71.6 Å². The molecule has 0 aromatic heterocycles. The first-order valence-corrected chi connectivity index (χ1v) is 6.93. The van der Waals surface area contributed by atoms with Crippen molar-refractivity contribution in [1.82, 2.24) is 0 Å². The SMILES string of the molecule is CCC1O[C@H](C)[C@H](OC(C)=O)C(OC(C)=O)[C@@H]1OC(C)=O. The summed E-state index contributed by atoms with van der Waals surface area (Å²) in [4.78, 5) is 33.9. The van der Waals surface area contributed by atoms with Crippen molar-refractivity contribution in [1.29, 1.82) is 0 Å². The molecule has 0 N–H and O–H groups in total. The van der Waals surface area contributed by atoms with Gasteiger partial charge in [0.25, 0.3) is 0 Å². The van der Waals surface area contributed by atoms with E-state index in [9.17, 15) is 14.4 Å². The molecule has 1 fully saturated rings. The maximum atomic E-state index is 11.3. The summed E-state index contributed by atoms with van der Waals surface area (Å²) in [6.45, 7) is 7.35. The molecule has 1 heterocycles. The third kappa shape index (κ3) is 4.70. The molecule has 21 heavy (non-hydrogen) atoms. The van der Waals surface area contributed by atoms with E-state index in [1.807, 2.05) is 6.92 Å². The Bertz CT molecular complexity index is 406. The Labute approximate surface area is 123 Å². The predicted molar refractivity (Wildman–Crippen MR) is 71.3 cm³/mol. The molecule has 7 heteroatoms. The molecule has 0 amide bonds. The van der Waals surface area contributed by atoms with E-state index in [2.05, 4.69) is 0 Å². The van der Waals surface area contributed by atoms with Crippen molar-refractivity contribution >= 4 is 17.9 Å². The largest absolute Gasteiger partial charge is 0.456 e. The summed E-state index contributed by atoms with van der Waals surface area (Å²) < 4.78 is 21.4. The zero-order chi connectivity index (χ0) is 16.2. The summed E-state index contributed by atoms with van der Waals surface area (Å²) in [5.74, 6) is -1.59. The second-order valence-electron chi connectivity index (χ2n) is 5.01. The summed E-state index contributed by atoms with van der Waals surface area (Å²) in [5.41, 5.74) is 0. The molecule has 1 rings (SSSR count). The first-order valence-electron chi connectivity index (χ1n) is 6.93. The van der Waals surface area contributed by atoms with Gasteiger partial charge < -0.3 is 18.9 Å². The van der Waals surface area contributed by atoms with Crippen LogP contribution in [0, 0.1) is 0 Å². The highest BCUT2D eigenvalue weighted by atomic mass is 16.6. The first-order chi connectivity index (χ1) is 9.76. The minimum absolute atomic E-state index is 0.431. The van der Waals surface area contributed by atoms with Crippen LogP contribution >= 0.6 is 0 Å². The van der Waals surface area contributed by atoms with Gasteiger partial charge in [-0.15, -0.1) is 0 Å². The van der Waals surface area contributed by atoms with E-state index in [1.165, 1.54) is 20.8 Å². The summed E-state index contributed by atoms with van der Waals surface area (Å²) in [5, 5.41) is 0. The lowest BCUT2D eigenvalue weighted by Gasteiger charge is -2.43. The van der Waals surface area contributed by atoms with E-state index < -0.39 is 48.4 Å². The van der Waals surface area contributed by atoms with Crippen LogP contribution in [0.3, 0.4) is 0 Å². The highest BCUT2D eigenvalue weighted by Crippen LogP contribution is 2.29. The first kappa shape index (κ1) is 17.4. The molecular weight excluding hydrogens is 280 g/mol. The molecule has 2 unspecified atom stereocenters. The number of rotatable bonds is 4. The Morgan fingerprint density at radius 3 is 1.71 bits per heavy atom. The van der Waals surface area contributed by atoms with Crippen molar-refractivity contribution in [3.8, 4) is 0 Å². The van der Waals surface area contributed by atoms with Gasteiger partial charge in [0.05, 0.1) is 12.2 Å². The highest BCUT2D eigenvalue weighted by molar-refractivity contribution is 5.68. The van der Waals surface area contributed by atoms with Crippen molar-refractivity contribution in [2.24, 2.45) is 0 Å². The third-order valence-electron chi connectivity index (χ3n) is 3.17. The summed E-state index contributed by atoms with van der Waals surface area (Å²) in [7, 11) is 0. The van der Waals surface area contributed by atoms with Gasteiger partial charge in [0.2, 0.25) is 0 Å². The van der Waals surface area contributed by atoms with E-state index in [0.29, 0.717) is 6.42 Å². The molecule has 0 aliphatic carbocycles. The number of ether oxygens (including phenoxy) is 4. The fraction of sp³-hybridized carbons (Fsp3) is 0.786. The molecule has 1 aliphatic heterocycles. The van der Waals surface area contributed by atoms with E-state index in [1.54, 1.807) is 6.92 Å². The fourth-order valence-corrected chi connectivity index (χ4v) is 2.44. The van der Waals surface area contributed by atoms with Gasteiger partial charge in [0.15, 0.2) is 18.3 Å². The number of carbonyl (C=O) groups excluding carboxylic acids is 3. The van der Waals surface area contributed by atoms with Gasteiger partial charge in [0, 0.05) is 20.8 Å². The lowest BCUT2D eigenvalue weighted by molar-refractivity contribution is -0.243. The summed E-state index contributed by atoms with van der Waals surface area (Å²) in [6, 6.07) is 0. The molecule has 120 valence electrons. The maximum Gasteiger partial charge on any atom is 0.303 e. The van der Waals surface area contributed by atoms with Crippen LogP contribution in [0.15, 0.2) is 0 Å². The van der Waals surface area contributed by atoms with Gasteiger partial charge in [-0.05, 0) is 13.3 Å². The number of esters is 3. The molecule has 7 nitrogen and oxygen atoms in total. The minimum atomic E-state index is -0.885. The lowest BCUT2D eigenvalue weighted by atomic mass is 9.93. The zero-order valence-electron chi connectivity index (χ0n) is 13.0. The van der Waals surface area contributed by atoms with Gasteiger partial charge in [0.1, 0.15) is 0 Å². The quantitative estimate of drug-likeness (QED) is 0.565. The summed E-state index contributed by atoms with van der Waals surface area (Å²) in [6.07, 6.45) is -2.86. The van der Waals surface area contributed by atoms with Gasteiger partial charge in [-0.25, -0.2) is 0 Å². The Hall–Kier alpha value is -1.63. The van der Waals surface area contributed by atoms with E-state index in [-0.39, 0.29) is 0 Å².